The summed E-state index contributed by atoms with van der Waals surface area (Å²) in [4.78, 5) is 73.2. The monoisotopic (exact) mass is 770 g/mol. The normalized spacial score (nSPS) is 26.4. The third kappa shape index (κ3) is 10.1. The molecule has 6 aliphatic rings. The Morgan fingerprint density at radius 1 is 0.661 bits per heavy atom. The zero-order chi connectivity index (χ0) is 39.2. The Morgan fingerprint density at radius 2 is 1.07 bits per heavy atom. The fourth-order valence-corrected chi connectivity index (χ4v) is 9.30. The molecule has 0 bridgehead atoms. The molecule has 4 N–H and O–H groups in total. The lowest BCUT2D eigenvalue weighted by atomic mass is 9.80. The third-order valence-corrected chi connectivity index (χ3v) is 12.7. The van der Waals surface area contributed by atoms with Crippen molar-refractivity contribution in [3.05, 3.63) is 71.8 Å². The second kappa shape index (κ2) is 18.7. The maximum atomic E-state index is 13.0. The average Bonchev–Trinajstić information content (AvgIpc) is 4.14. The highest BCUT2D eigenvalue weighted by molar-refractivity contribution is 6.11. The number of piperidine rings is 2. The van der Waals surface area contributed by atoms with Gasteiger partial charge < -0.3 is 26.0 Å². The highest BCUT2D eigenvalue weighted by atomic mass is 16.4. The van der Waals surface area contributed by atoms with Crippen LogP contribution in [0.4, 0.5) is 0 Å². The minimum Gasteiger partial charge on any atom is -0.481 e. The van der Waals surface area contributed by atoms with E-state index in [1.807, 2.05) is 17.9 Å². The molecule has 304 valence electrons. The fourth-order valence-electron chi connectivity index (χ4n) is 9.30. The molecule has 0 radical (unpaired) electrons. The maximum Gasteiger partial charge on any atom is 0.306 e. The van der Waals surface area contributed by atoms with Crippen molar-refractivity contribution < 1.29 is 33.9 Å². The summed E-state index contributed by atoms with van der Waals surface area (Å²) in [5.41, 5.74) is 1.20. The molecular formula is C45H62N4O7. The first-order valence-corrected chi connectivity index (χ1v) is 20.4. The predicted octanol–water partition coefficient (Wildman–Crippen LogP) is 5.78. The molecular weight excluding hydrogens is 709 g/mol. The number of nitrogens with one attached hydrogen (secondary N) is 3. The first-order chi connectivity index (χ1) is 26.4. The van der Waals surface area contributed by atoms with Gasteiger partial charge in [0.05, 0.1) is 18.8 Å². The average molecular weight is 771 g/mol. The molecule has 2 aromatic rings. The molecule has 4 heterocycles. The predicted molar refractivity (Wildman–Crippen MR) is 215 cm³/mol. The van der Waals surface area contributed by atoms with Crippen LogP contribution >= 0.6 is 0 Å². The molecule has 6 fully saturated rings. The summed E-state index contributed by atoms with van der Waals surface area (Å²) in [6.45, 7) is 7.37. The Hall–Kier alpha value is -4.38. The van der Waals surface area contributed by atoms with Crippen LogP contribution < -0.4 is 16.0 Å². The van der Waals surface area contributed by atoms with E-state index in [1.54, 1.807) is 6.92 Å². The molecule has 0 aromatic heterocycles. The minimum atomic E-state index is -0.922. The van der Waals surface area contributed by atoms with E-state index in [-0.39, 0.29) is 73.7 Å². The smallest absolute Gasteiger partial charge is 0.306 e. The zero-order valence-corrected chi connectivity index (χ0v) is 32.4. The van der Waals surface area contributed by atoms with E-state index >= 15 is 0 Å². The summed E-state index contributed by atoms with van der Waals surface area (Å²) in [6.07, 6.45) is 8.83. The molecule has 8 rings (SSSR count). The highest BCUT2D eigenvalue weighted by Gasteiger charge is 2.57. The highest BCUT2D eigenvalue weighted by Crippen LogP contribution is 2.47. The molecule has 4 atom stereocenters. The number of carbonyl (C=O) groups excluding carboxylic acids is 5. The van der Waals surface area contributed by atoms with Crippen LogP contribution in [0.25, 0.3) is 0 Å². The van der Waals surface area contributed by atoms with E-state index in [0.717, 1.165) is 57.5 Å². The number of carbonyl (C=O) groups is 6. The number of rotatable bonds is 10. The van der Waals surface area contributed by atoms with Gasteiger partial charge in [-0.3, -0.25) is 28.8 Å². The van der Waals surface area contributed by atoms with Gasteiger partial charge in [0.15, 0.2) is 11.6 Å². The van der Waals surface area contributed by atoms with Crippen molar-refractivity contribution in [2.45, 2.75) is 121 Å². The van der Waals surface area contributed by atoms with Gasteiger partial charge in [-0.25, -0.2) is 0 Å². The topological polar surface area (TPSA) is 162 Å². The van der Waals surface area contributed by atoms with Crippen LogP contribution in [0.1, 0.15) is 121 Å². The Bertz CT molecular complexity index is 1700. The summed E-state index contributed by atoms with van der Waals surface area (Å²) < 4.78 is 0. The Labute approximate surface area is 332 Å². The largest absolute Gasteiger partial charge is 0.481 e. The first kappa shape index (κ1) is 42.8. The number of Topliss-reactive ketones (excluding diaryl/α,β-unsaturated/α-hetero) is 2. The maximum absolute atomic E-state index is 13.0. The third-order valence-electron chi connectivity index (χ3n) is 12.7. The summed E-state index contributed by atoms with van der Waals surface area (Å²) >= 11 is 0. The van der Waals surface area contributed by atoms with Crippen LogP contribution in [0.2, 0.25) is 0 Å². The lowest BCUT2D eigenvalue weighted by Gasteiger charge is -2.36. The van der Waals surface area contributed by atoms with Crippen LogP contribution in [0.15, 0.2) is 60.7 Å². The van der Waals surface area contributed by atoms with Crippen molar-refractivity contribution in [1.29, 1.82) is 0 Å². The number of aliphatic carboxylic acids is 1. The van der Waals surface area contributed by atoms with E-state index < -0.39 is 23.0 Å². The van der Waals surface area contributed by atoms with Gasteiger partial charge in [0.1, 0.15) is 11.1 Å². The van der Waals surface area contributed by atoms with E-state index in [9.17, 15) is 28.8 Å². The number of likely N-dealkylation sites (tertiary alicyclic amines) is 1. The zero-order valence-electron chi connectivity index (χ0n) is 32.4. The Balaban J connectivity index is 0.000000175. The van der Waals surface area contributed by atoms with Crippen molar-refractivity contribution in [2.24, 2.45) is 23.7 Å². The fraction of sp³-hybridized carbons (Fsp3) is 0.600. The summed E-state index contributed by atoms with van der Waals surface area (Å²) in [5.74, 6) is -0.584. The molecule has 2 aromatic carbocycles. The van der Waals surface area contributed by atoms with Gasteiger partial charge in [-0.05, 0) is 112 Å². The molecule has 0 spiro atoms. The molecule has 2 aliphatic carbocycles. The van der Waals surface area contributed by atoms with E-state index in [2.05, 4.69) is 70.5 Å². The van der Waals surface area contributed by atoms with Gasteiger partial charge in [-0.15, -0.1) is 0 Å². The summed E-state index contributed by atoms with van der Waals surface area (Å²) in [5, 5.41) is 17.9. The summed E-state index contributed by atoms with van der Waals surface area (Å²) in [7, 11) is 0. The lowest BCUT2D eigenvalue weighted by molar-refractivity contribution is -0.142. The number of benzene rings is 2. The molecule has 0 unspecified atom stereocenters. The number of nitrogens with zero attached hydrogens (tertiary/aromatic N) is 1. The van der Waals surface area contributed by atoms with Crippen LogP contribution in [0.5, 0.6) is 0 Å². The molecule has 11 heteroatoms. The van der Waals surface area contributed by atoms with Crippen LogP contribution in [0.3, 0.4) is 0 Å². The molecule has 3 amide bonds. The van der Waals surface area contributed by atoms with Gasteiger partial charge in [0.2, 0.25) is 17.7 Å². The van der Waals surface area contributed by atoms with Gasteiger partial charge >= 0.3 is 5.97 Å². The van der Waals surface area contributed by atoms with Crippen molar-refractivity contribution in [2.75, 3.05) is 26.2 Å². The second-order valence-electron chi connectivity index (χ2n) is 16.8. The van der Waals surface area contributed by atoms with Gasteiger partial charge in [0.25, 0.3) is 0 Å². The molecule has 4 aliphatic heterocycles. The van der Waals surface area contributed by atoms with Crippen molar-refractivity contribution in [3.63, 3.8) is 0 Å². The molecule has 11 nitrogen and oxygen atoms in total. The van der Waals surface area contributed by atoms with Gasteiger partial charge in [0, 0.05) is 19.0 Å². The van der Waals surface area contributed by atoms with Crippen LogP contribution in [-0.4, -0.2) is 82.5 Å². The molecule has 2 saturated carbocycles. The number of carboxylic acids is 1. The quantitative estimate of drug-likeness (QED) is 0.221. The number of amides is 3. The van der Waals surface area contributed by atoms with Gasteiger partial charge in [-0.2, -0.15) is 0 Å². The SMILES string of the molecule is C.C[C@@H](C[C@@]1(C2CC2)NC(=O)CC1=O)C(=O)N1CCC(c2ccccc2)CC1.C[C@@H](C[C@@]1(C2CC2)NC(=O)CC1=O)C(=O)O.c1ccc(C2CCNCC2)cc1. The van der Waals surface area contributed by atoms with Crippen molar-refractivity contribution in [3.8, 4) is 0 Å². The number of hydrogen-bond donors (Lipinski definition) is 4. The second-order valence-corrected chi connectivity index (χ2v) is 16.8. The first-order valence-electron chi connectivity index (χ1n) is 20.4. The molecule has 4 saturated heterocycles. The minimum absolute atomic E-state index is 0. The van der Waals surface area contributed by atoms with Gasteiger partial charge in [-0.1, -0.05) is 81.9 Å². The Kier molecular flexibility index (Phi) is 14.3. The van der Waals surface area contributed by atoms with E-state index in [1.165, 1.54) is 37.1 Å². The van der Waals surface area contributed by atoms with Crippen LogP contribution in [-0.2, 0) is 28.8 Å². The van der Waals surface area contributed by atoms with E-state index in [0.29, 0.717) is 12.3 Å². The number of ketones is 2. The summed E-state index contributed by atoms with van der Waals surface area (Å²) in [6, 6.07) is 21.4. The standard InChI is InChI=1S/C22H28N2O3.C11H15NO4.C11H15N.CH4/c1-15(14-22(18-7-8-18)19(25)13-20(26)23-22)21(27)24-11-9-17(10-12-24)16-5-3-2-4-6-16;1-6(10(15)16)5-11(7-2-3-7)8(13)4-9(14)12-11;1-2-4-10(5-3-1)11-6-8-12-9-7-11;/h2-6,15,17-18H,7-14H2,1H3,(H,23,26);6-7H,2-5H2,1H3,(H,12,14)(H,15,16);1-5,11-12H,6-9H2;1H4/t15-,22-;6-,11-;;/m00../s1. The Morgan fingerprint density at radius 3 is 1.45 bits per heavy atom. The number of carboxylic acid groups (broad SMARTS) is 1. The molecule has 56 heavy (non-hydrogen) atoms. The van der Waals surface area contributed by atoms with Crippen molar-refractivity contribution in [1.82, 2.24) is 20.9 Å². The van der Waals surface area contributed by atoms with E-state index in [4.69, 9.17) is 5.11 Å². The lowest BCUT2D eigenvalue weighted by Crippen LogP contribution is -2.52. The number of hydrogen-bond acceptors (Lipinski definition) is 7. The van der Waals surface area contributed by atoms with Crippen LogP contribution in [0, 0.1) is 23.7 Å². The van der Waals surface area contributed by atoms with Crippen molar-refractivity contribution >= 4 is 35.3 Å².